The SMILES string of the molecule is O=C(CCN1CCCC1Cn1cncn1)NCCc1ccccc1. The lowest BCUT2D eigenvalue weighted by molar-refractivity contribution is -0.121. The molecule has 1 aliphatic heterocycles. The van der Waals surface area contributed by atoms with E-state index in [-0.39, 0.29) is 5.91 Å². The van der Waals surface area contributed by atoms with Gasteiger partial charge in [0.1, 0.15) is 12.7 Å². The van der Waals surface area contributed by atoms with Gasteiger partial charge in [-0.3, -0.25) is 14.4 Å². The Bertz CT molecular complexity index is 614. The Morgan fingerprint density at radius 2 is 2.17 bits per heavy atom. The topological polar surface area (TPSA) is 63.1 Å². The molecule has 1 atom stereocenters. The van der Waals surface area contributed by atoms with Gasteiger partial charge in [0, 0.05) is 25.6 Å². The second-order valence-electron chi connectivity index (χ2n) is 6.29. The first-order valence-electron chi connectivity index (χ1n) is 8.68. The molecule has 1 fully saturated rings. The van der Waals surface area contributed by atoms with Gasteiger partial charge >= 0.3 is 0 Å². The molecule has 2 aromatic rings. The maximum Gasteiger partial charge on any atom is 0.221 e. The van der Waals surface area contributed by atoms with Crippen molar-refractivity contribution in [3.8, 4) is 0 Å². The number of amides is 1. The minimum Gasteiger partial charge on any atom is -0.356 e. The highest BCUT2D eigenvalue weighted by Crippen LogP contribution is 2.18. The average molecular weight is 327 g/mol. The zero-order chi connectivity index (χ0) is 16.6. The van der Waals surface area contributed by atoms with Crippen LogP contribution in [0.3, 0.4) is 0 Å². The molecule has 1 aromatic heterocycles. The van der Waals surface area contributed by atoms with Crippen molar-refractivity contribution < 1.29 is 4.79 Å². The van der Waals surface area contributed by atoms with Gasteiger partial charge in [-0.25, -0.2) is 4.98 Å². The van der Waals surface area contributed by atoms with Gasteiger partial charge in [0.25, 0.3) is 0 Å². The summed E-state index contributed by atoms with van der Waals surface area (Å²) in [5.74, 6) is 0.136. The summed E-state index contributed by atoms with van der Waals surface area (Å²) in [5.41, 5.74) is 1.25. The summed E-state index contributed by atoms with van der Waals surface area (Å²) in [4.78, 5) is 18.4. The highest BCUT2D eigenvalue weighted by Gasteiger charge is 2.25. The molecule has 128 valence electrons. The van der Waals surface area contributed by atoms with Crippen molar-refractivity contribution in [2.45, 2.75) is 38.3 Å². The van der Waals surface area contributed by atoms with Crippen molar-refractivity contribution in [1.82, 2.24) is 25.0 Å². The molecule has 0 saturated carbocycles. The lowest BCUT2D eigenvalue weighted by atomic mass is 10.1. The van der Waals surface area contributed by atoms with E-state index < -0.39 is 0 Å². The number of benzene rings is 1. The van der Waals surface area contributed by atoms with Crippen LogP contribution in [0.1, 0.15) is 24.8 Å². The van der Waals surface area contributed by atoms with E-state index in [9.17, 15) is 4.79 Å². The Kier molecular flexibility index (Phi) is 5.96. The van der Waals surface area contributed by atoms with Crippen molar-refractivity contribution in [2.75, 3.05) is 19.6 Å². The number of aromatic nitrogens is 3. The standard InChI is InChI=1S/C18H25N5O/c24-18(20-10-8-16-5-2-1-3-6-16)9-12-22-11-4-7-17(22)13-23-15-19-14-21-23/h1-3,5-6,14-15,17H,4,7-13H2,(H,20,24). The van der Waals surface area contributed by atoms with Crippen LogP contribution in [0.25, 0.3) is 0 Å². The van der Waals surface area contributed by atoms with Crippen LogP contribution in [0.15, 0.2) is 43.0 Å². The molecular formula is C18H25N5O. The van der Waals surface area contributed by atoms with Crippen molar-refractivity contribution in [2.24, 2.45) is 0 Å². The van der Waals surface area contributed by atoms with Gasteiger partial charge < -0.3 is 5.32 Å². The van der Waals surface area contributed by atoms with Gasteiger partial charge in [0.15, 0.2) is 0 Å². The molecule has 1 saturated heterocycles. The number of carbonyl (C=O) groups is 1. The van der Waals surface area contributed by atoms with Crippen LogP contribution in [0.4, 0.5) is 0 Å². The average Bonchev–Trinajstić information content (AvgIpc) is 3.26. The maximum absolute atomic E-state index is 12.0. The Morgan fingerprint density at radius 1 is 1.29 bits per heavy atom. The summed E-state index contributed by atoms with van der Waals surface area (Å²) in [7, 11) is 0. The highest BCUT2D eigenvalue weighted by atomic mass is 16.1. The van der Waals surface area contributed by atoms with E-state index in [4.69, 9.17) is 0 Å². The first-order valence-corrected chi connectivity index (χ1v) is 8.68. The molecule has 0 bridgehead atoms. The van der Waals surface area contributed by atoms with Crippen LogP contribution in [0, 0.1) is 0 Å². The molecule has 1 aliphatic rings. The fourth-order valence-corrected chi connectivity index (χ4v) is 3.26. The van der Waals surface area contributed by atoms with Crippen molar-refractivity contribution in [3.05, 3.63) is 48.5 Å². The van der Waals surface area contributed by atoms with Crippen molar-refractivity contribution in [1.29, 1.82) is 0 Å². The molecule has 0 aliphatic carbocycles. The number of rotatable bonds is 8. The molecule has 0 radical (unpaired) electrons. The van der Waals surface area contributed by atoms with E-state index in [0.29, 0.717) is 19.0 Å². The van der Waals surface area contributed by atoms with Crippen LogP contribution in [-0.4, -0.2) is 51.2 Å². The lowest BCUT2D eigenvalue weighted by Crippen LogP contribution is -2.36. The predicted molar refractivity (Wildman–Crippen MR) is 92.4 cm³/mol. The van der Waals surface area contributed by atoms with Crippen LogP contribution < -0.4 is 5.32 Å². The van der Waals surface area contributed by atoms with Crippen molar-refractivity contribution >= 4 is 5.91 Å². The highest BCUT2D eigenvalue weighted by molar-refractivity contribution is 5.76. The molecule has 1 amide bonds. The molecule has 24 heavy (non-hydrogen) atoms. The monoisotopic (exact) mass is 327 g/mol. The molecule has 1 N–H and O–H groups in total. The van der Waals surface area contributed by atoms with E-state index in [1.165, 1.54) is 12.0 Å². The van der Waals surface area contributed by atoms with Crippen LogP contribution >= 0.6 is 0 Å². The largest absolute Gasteiger partial charge is 0.356 e. The van der Waals surface area contributed by atoms with Gasteiger partial charge in [-0.1, -0.05) is 30.3 Å². The zero-order valence-electron chi connectivity index (χ0n) is 14.0. The van der Waals surface area contributed by atoms with Gasteiger partial charge in [0.05, 0.1) is 6.54 Å². The van der Waals surface area contributed by atoms with Gasteiger partial charge in [-0.05, 0) is 31.4 Å². The molecule has 1 aromatic carbocycles. The molecule has 2 heterocycles. The molecule has 6 heteroatoms. The first kappa shape index (κ1) is 16.6. The third kappa shape index (κ3) is 4.89. The van der Waals surface area contributed by atoms with Crippen LogP contribution in [0.2, 0.25) is 0 Å². The van der Waals surface area contributed by atoms with Crippen LogP contribution in [0.5, 0.6) is 0 Å². The lowest BCUT2D eigenvalue weighted by Gasteiger charge is -2.23. The van der Waals surface area contributed by atoms with Gasteiger partial charge in [0.2, 0.25) is 5.91 Å². The zero-order valence-corrected chi connectivity index (χ0v) is 14.0. The number of hydrogen-bond donors (Lipinski definition) is 1. The van der Waals surface area contributed by atoms with E-state index in [0.717, 1.165) is 32.5 Å². The van der Waals surface area contributed by atoms with Crippen LogP contribution in [-0.2, 0) is 17.8 Å². The van der Waals surface area contributed by atoms with Crippen molar-refractivity contribution in [3.63, 3.8) is 0 Å². The number of likely N-dealkylation sites (tertiary alicyclic amines) is 1. The summed E-state index contributed by atoms with van der Waals surface area (Å²) in [5, 5.41) is 7.20. The number of hydrogen-bond acceptors (Lipinski definition) is 4. The third-order valence-corrected chi connectivity index (χ3v) is 4.57. The number of nitrogens with one attached hydrogen (secondary N) is 1. The van der Waals surface area contributed by atoms with E-state index in [1.807, 2.05) is 22.9 Å². The summed E-state index contributed by atoms with van der Waals surface area (Å²) < 4.78 is 1.88. The Morgan fingerprint density at radius 3 is 2.96 bits per heavy atom. The fourth-order valence-electron chi connectivity index (χ4n) is 3.26. The smallest absolute Gasteiger partial charge is 0.221 e. The quantitative estimate of drug-likeness (QED) is 0.798. The predicted octanol–water partition coefficient (Wildman–Crippen LogP) is 1.49. The molecule has 6 nitrogen and oxygen atoms in total. The first-order chi connectivity index (χ1) is 11.8. The molecule has 3 rings (SSSR count). The number of nitrogens with zero attached hydrogens (tertiary/aromatic N) is 4. The molecule has 0 spiro atoms. The summed E-state index contributed by atoms with van der Waals surface area (Å²) in [6.07, 6.45) is 7.12. The maximum atomic E-state index is 12.0. The molecule has 1 unspecified atom stereocenters. The normalized spacial score (nSPS) is 17.9. The minimum absolute atomic E-state index is 0.136. The Hall–Kier alpha value is -2.21. The van der Waals surface area contributed by atoms with E-state index >= 15 is 0 Å². The second kappa shape index (κ2) is 8.59. The Labute approximate surface area is 142 Å². The van der Waals surface area contributed by atoms with Gasteiger partial charge in [-0.15, -0.1) is 0 Å². The molecular weight excluding hydrogens is 302 g/mol. The van der Waals surface area contributed by atoms with E-state index in [2.05, 4.69) is 32.4 Å². The Balaban J connectivity index is 1.36. The summed E-state index contributed by atoms with van der Waals surface area (Å²) >= 11 is 0. The van der Waals surface area contributed by atoms with E-state index in [1.54, 1.807) is 12.7 Å². The van der Waals surface area contributed by atoms with Gasteiger partial charge in [-0.2, -0.15) is 5.10 Å². The fraction of sp³-hybridized carbons (Fsp3) is 0.500. The summed E-state index contributed by atoms with van der Waals surface area (Å²) in [6, 6.07) is 10.7. The third-order valence-electron chi connectivity index (χ3n) is 4.57. The summed E-state index contributed by atoms with van der Waals surface area (Å²) in [6.45, 7) is 3.44. The minimum atomic E-state index is 0.136. The number of carbonyl (C=O) groups excluding carboxylic acids is 1. The second-order valence-corrected chi connectivity index (χ2v) is 6.29.